The molecule has 0 aliphatic heterocycles. The van der Waals surface area contributed by atoms with Crippen molar-refractivity contribution in [3.05, 3.63) is 62.7 Å². The summed E-state index contributed by atoms with van der Waals surface area (Å²) in [7, 11) is -3.86. The molecular formula is C17H15ClN2O7S. The van der Waals surface area contributed by atoms with Crippen LogP contribution in [0.1, 0.15) is 15.9 Å². The molecule has 28 heavy (non-hydrogen) atoms. The van der Waals surface area contributed by atoms with Gasteiger partial charge in [0.1, 0.15) is 4.90 Å². The number of nitro groups is 1. The fraction of sp³-hybridized carbons (Fsp3) is 0.176. The first kappa shape index (κ1) is 21.3. The van der Waals surface area contributed by atoms with Crippen molar-refractivity contribution in [3.63, 3.8) is 0 Å². The second-order valence-corrected chi connectivity index (χ2v) is 8.14. The van der Waals surface area contributed by atoms with Crippen LogP contribution in [0.5, 0.6) is 0 Å². The average Bonchev–Trinajstić information content (AvgIpc) is 2.62. The van der Waals surface area contributed by atoms with Crippen molar-refractivity contribution in [2.75, 3.05) is 18.2 Å². The van der Waals surface area contributed by atoms with Crippen LogP contribution < -0.4 is 5.32 Å². The number of nitro benzene ring substituents is 1. The summed E-state index contributed by atoms with van der Waals surface area (Å²) in [6, 6.07) is 7.72. The third kappa shape index (κ3) is 5.05. The number of nitrogens with one attached hydrogen (secondary N) is 1. The summed E-state index contributed by atoms with van der Waals surface area (Å²) in [5, 5.41) is 14.1. The minimum absolute atomic E-state index is 0.258. The third-order valence-electron chi connectivity index (χ3n) is 3.67. The molecule has 1 N–H and O–H groups in total. The number of hydrogen-bond acceptors (Lipinski definition) is 7. The average molecular weight is 427 g/mol. The molecule has 11 heteroatoms. The van der Waals surface area contributed by atoms with E-state index in [1.807, 2.05) is 0 Å². The minimum atomic E-state index is -3.86. The molecule has 0 heterocycles. The zero-order valence-electron chi connectivity index (χ0n) is 14.8. The molecule has 0 fully saturated rings. The number of carbonyl (C=O) groups is 2. The van der Waals surface area contributed by atoms with Crippen LogP contribution in [0.3, 0.4) is 0 Å². The Hall–Kier alpha value is -2.98. The summed E-state index contributed by atoms with van der Waals surface area (Å²) in [6.45, 7) is 1.05. The van der Waals surface area contributed by atoms with Crippen molar-refractivity contribution in [2.24, 2.45) is 0 Å². The molecule has 2 aromatic rings. The summed E-state index contributed by atoms with van der Waals surface area (Å²) in [5.41, 5.74) is 0.0688. The number of nitrogens with zero attached hydrogens (tertiary/aromatic N) is 1. The molecule has 0 atom stereocenters. The van der Waals surface area contributed by atoms with E-state index in [0.717, 1.165) is 24.5 Å². The topological polar surface area (TPSA) is 133 Å². The molecule has 0 radical (unpaired) electrons. The molecule has 0 aromatic heterocycles. The Morgan fingerprint density at radius 3 is 2.54 bits per heavy atom. The van der Waals surface area contributed by atoms with Gasteiger partial charge in [0.2, 0.25) is 0 Å². The summed E-state index contributed by atoms with van der Waals surface area (Å²) < 4.78 is 28.0. The predicted octanol–water partition coefficient (Wildman–Crippen LogP) is 2.76. The zero-order chi connectivity index (χ0) is 21.1. The van der Waals surface area contributed by atoms with Gasteiger partial charge in [-0.2, -0.15) is 0 Å². The number of ether oxygens (including phenoxy) is 1. The number of rotatable bonds is 6. The van der Waals surface area contributed by atoms with E-state index in [1.165, 1.54) is 0 Å². The Labute approximate surface area is 165 Å². The standard InChI is InChI=1S/C17H15ClN2O7S/c1-10-12(18)4-3-5-13(10)19-16(21)9-27-17(22)11-6-7-15(28(2,25)26)14(8-11)20(23)24/h3-8H,9H2,1-2H3,(H,19,21). The van der Waals surface area contributed by atoms with E-state index in [9.17, 15) is 28.1 Å². The van der Waals surface area contributed by atoms with Crippen LogP contribution in [0.4, 0.5) is 11.4 Å². The number of anilines is 1. The fourth-order valence-corrected chi connectivity index (χ4v) is 3.25. The van der Waals surface area contributed by atoms with E-state index in [4.69, 9.17) is 16.3 Å². The molecule has 0 saturated carbocycles. The Kier molecular flexibility index (Phi) is 6.37. The quantitative estimate of drug-likeness (QED) is 0.426. The van der Waals surface area contributed by atoms with Crippen molar-refractivity contribution >= 4 is 44.7 Å². The molecule has 9 nitrogen and oxygen atoms in total. The SMILES string of the molecule is Cc1c(Cl)cccc1NC(=O)COC(=O)c1ccc(S(C)(=O)=O)c([N+](=O)[O-])c1. The van der Waals surface area contributed by atoms with Crippen LogP contribution in [0.2, 0.25) is 5.02 Å². The van der Waals surface area contributed by atoms with E-state index < -0.39 is 43.8 Å². The summed E-state index contributed by atoms with van der Waals surface area (Å²) in [5.74, 6) is -1.65. The lowest BCUT2D eigenvalue weighted by Crippen LogP contribution is -2.21. The highest BCUT2D eigenvalue weighted by Crippen LogP contribution is 2.25. The van der Waals surface area contributed by atoms with Gasteiger partial charge < -0.3 is 10.1 Å². The van der Waals surface area contributed by atoms with Gasteiger partial charge in [0, 0.05) is 23.0 Å². The van der Waals surface area contributed by atoms with E-state index in [0.29, 0.717) is 16.3 Å². The van der Waals surface area contributed by atoms with Crippen molar-refractivity contribution in [1.29, 1.82) is 0 Å². The van der Waals surface area contributed by atoms with E-state index in [2.05, 4.69) is 5.32 Å². The second-order valence-electron chi connectivity index (χ2n) is 5.75. The first-order valence-corrected chi connectivity index (χ1v) is 9.98. The van der Waals surface area contributed by atoms with Gasteiger partial charge in [0.25, 0.3) is 11.6 Å². The van der Waals surface area contributed by atoms with Crippen LogP contribution in [0.25, 0.3) is 0 Å². The van der Waals surface area contributed by atoms with Gasteiger partial charge in [-0.15, -0.1) is 0 Å². The summed E-state index contributed by atoms with van der Waals surface area (Å²) in [4.78, 5) is 33.7. The number of carbonyl (C=O) groups excluding carboxylic acids is 2. The molecule has 0 saturated heterocycles. The molecule has 148 valence electrons. The monoisotopic (exact) mass is 426 g/mol. The number of benzene rings is 2. The Morgan fingerprint density at radius 2 is 1.93 bits per heavy atom. The first-order chi connectivity index (χ1) is 13.0. The molecule has 1 amide bonds. The predicted molar refractivity (Wildman–Crippen MR) is 101 cm³/mol. The number of esters is 1. The smallest absolute Gasteiger partial charge is 0.338 e. The van der Waals surface area contributed by atoms with Crippen molar-refractivity contribution < 1.29 is 27.7 Å². The largest absolute Gasteiger partial charge is 0.452 e. The Morgan fingerprint density at radius 1 is 1.25 bits per heavy atom. The Balaban J connectivity index is 2.11. The van der Waals surface area contributed by atoms with E-state index in [1.54, 1.807) is 25.1 Å². The molecule has 2 aromatic carbocycles. The van der Waals surface area contributed by atoms with Crippen LogP contribution in [0.15, 0.2) is 41.3 Å². The zero-order valence-corrected chi connectivity index (χ0v) is 16.3. The van der Waals surface area contributed by atoms with Gasteiger partial charge >= 0.3 is 5.97 Å². The third-order valence-corrected chi connectivity index (χ3v) is 5.22. The van der Waals surface area contributed by atoms with Gasteiger partial charge in [0.15, 0.2) is 16.4 Å². The van der Waals surface area contributed by atoms with Crippen molar-refractivity contribution in [1.82, 2.24) is 0 Å². The maximum absolute atomic E-state index is 12.1. The van der Waals surface area contributed by atoms with E-state index >= 15 is 0 Å². The van der Waals surface area contributed by atoms with E-state index in [-0.39, 0.29) is 5.56 Å². The van der Waals surface area contributed by atoms with Gasteiger partial charge in [0.05, 0.1) is 10.5 Å². The summed E-state index contributed by atoms with van der Waals surface area (Å²) in [6.07, 6.45) is 0.815. The summed E-state index contributed by atoms with van der Waals surface area (Å²) >= 11 is 5.96. The van der Waals surface area contributed by atoms with Gasteiger partial charge in [-0.25, -0.2) is 13.2 Å². The minimum Gasteiger partial charge on any atom is -0.452 e. The Bertz CT molecular complexity index is 1070. The van der Waals surface area contributed by atoms with Gasteiger partial charge in [-0.05, 0) is 36.8 Å². The van der Waals surface area contributed by atoms with Crippen LogP contribution in [-0.2, 0) is 19.4 Å². The first-order valence-electron chi connectivity index (χ1n) is 7.71. The second kappa shape index (κ2) is 8.36. The maximum atomic E-state index is 12.1. The lowest BCUT2D eigenvalue weighted by Gasteiger charge is -2.10. The highest BCUT2D eigenvalue weighted by atomic mass is 35.5. The molecule has 0 spiro atoms. The van der Waals surface area contributed by atoms with Gasteiger partial charge in [-0.1, -0.05) is 17.7 Å². The van der Waals surface area contributed by atoms with Crippen molar-refractivity contribution in [2.45, 2.75) is 11.8 Å². The number of sulfone groups is 1. The maximum Gasteiger partial charge on any atom is 0.338 e. The van der Waals surface area contributed by atoms with Gasteiger partial charge in [-0.3, -0.25) is 14.9 Å². The highest BCUT2D eigenvalue weighted by molar-refractivity contribution is 7.90. The fourth-order valence-electron chi connectivity index (χ4n) is 2.24. The molecule has 0 aliphatic rings. The van der Waals surface area contributed by atoms with Crippen LogP contribution >= 0.6 is 11.6 Å². The number of hydrogen-bond donors (Lipinski definition) is 1. The van der Waals surface area contributed by atoms with Crippen LogP contribution in [0, 0.1) is 17.0 Å². The lowest BCUT2D eigenvalue weighted by atomic mass is 10.2. The molecule has 2 rings (SSSR count). The number of amides is 1. The normalized spacial score (nSPS) is 11.0. The number of halogens is 1. The van der Waals surface area contributed by atoms with Crippen LogP contribution in [-0.4, -0.2) is 38.1 Å². The molecule has 0 aliphatic carbocycles. The molecular weight excluding hydrogens is 412 g/mol. The van der Waals surface area contributed by atoms with Crippen molar-refractivity contribution in [3.8, 4) is 0 Å². The molecule has 0 unspecified atom stereocenters. The highest BCUT2D eigenvalue weighted by Gasteiger charge is 2.24. The molecule has 0 bridgehead atoms. The lowest BCUT2D eigenvalue weighted by molar-refractivity contribution is -0.387.